The lowest BCUT2D eigenvalue weighted by Gasteiger charge is -2.38. The van der Waals surface area contributed by atoms with Crippen molar-refractivity contribution in [2.75, 3.05) is 26.2 Å². The predicted molar refractivity (Wildman–Crippen MR) is 112 cm³/mol. The molecule has 2 heterocycles. The first-order valence-electron chi connectivity index (χ1n) is 9.73. The average Bonchev–Trinajstić information content (AvgIpc) is 3.06. The fourth-order valence-electron chi connectivity index (χ4n) is 4.13. The van der Waals surface area contributed by atoms with Crippen LogP contribution in [0, 0.1) is 0 Å². The van der Waals surface area contributed by atoms with Gasteiger partial charge in [0, 0.05) is 39.2 Å². The molecule has 0 aromatic heterocycles. The molecule has 1 saturated heterocycles. The van der Waals surface area contributed by atoms with E-state index in [1.807, 2.05) is 12.1 Å². The number of carbonyl (C=O) groups is 1. The zero-order valence-electron chi connectivity index (χ0n) is 16.0. The Labute approximate surface area is 180 Å². The minimum atomic E-state index is -0.744. The van der Waals surface area contributed by atoms with Crippen LogP contribution >= 0.6 is 23.2 Å². The summed E-state index contributed by atoms with van der Waals surface area (Å²) in [6, 6.07) is 11.3. The molecule has 2 aromatic carbocycles. The van der Waals surface area contributed by atoms with Gasteiger partial charge in [-0.2, -0.15) is 0 Å². The number of rotatable bonds is 6. The SMILES string of the molecule is O=C(O)CCN1CCC2(CC1)COc1cc(OCc3cc(Cl)ccc3Cl)ccc12. The van der Waals surface area contributed by atoms with Crippen molar-refractivity contribution in [3.05, 3.63) is 57.6 Å². The number of carboxylic acids is 1. The third-order valence-corrected chi connectivity index (χ3v) is 6.49. The van der Waals surface area contributed by atoms with Gasteiger partial charge in [-0.05, 0) is 50.2 Å². The van der Waals surface area contributed by atoms with Crippen molar-refractivity contribution in [2.45, 2.75) is 31.3 Å². The molecule has 0 amide bonds. The quantitative estimate of drug-likeness (QED) is 0.707. The van der Waals surface area contributed by atoms with Gasteiger partial charge in [-0.1, -0.05) is 29.3 Å². The molecule has 0 unspecified atom stereocenters. The number of benzene rings is 2. The summed E-state index contributed by atoms with van der Waals surface area (Å²) in [6.45, 7) is 3.39. The molecule has 2 aliphatic heterocycles. The first-order chi connectivity index (χ1) is 13.9. The molecule has 0 saturated carbocycles. The van der Waals surface area contributed by atoms with Crippen LogP contribution in [-0.2, 0) is 16.8 Å². The molecular formula is C22H23Cl2NO4. The Bertz CT molecular complexity index is 910. The highest BCUT2D eigenvalue weighted by atomic mass is 35.5. The fourth-order valence-corrected chi connectivity index (χ4v) is 4.50. The number of hydrogen-bond acceptors (Lipinski definition) is 4. The summed E-state index contributed by atoms with van der Waals surface area (Å²) >= 11 is 12.2. The Morgan fingerprint density at radius 2 is 1.97 bits per heavy atom. The molecule has 154 valence electrons. The van der Waals surface area contributed by atoms with Crippen LogP contribution < -0.4 is 9.47 Å². The van der Waals surface area contributed by atoms with Gasteiger partial charge in [0.25, 0.3) is 0 Å². The van der Waals surface area contributed by atoms with Gasteiger partial charge in [-0.25, -0.2) is 0 Å². The predicted octanol–water partition coefficient (Wildman–Crippen LogP) is 4.77. The Kier molecular flexibility index (Phi) is 5.91. The molecule has 29 heavy (non-hydrogen) atoms. The molecule has 7 heteroatoms. The highest BCUT2D eigenvalue weighted by Crippen LogP contribution is 2.46. The number of piperidine rings is 1. The van der Waals surface area contributed by atoms with E-state index < -0.39 is 5.97 Å². The largest absolute Gasteiger partial charge is 0.492 e. The van der Waals surface area contributed by atoms with Gasteiger partial charge in [0.2, 0.25) is 0 Å². The summed E-state index contributed by atoms with van der Waals surface area (Å²) in [4.78, 5) is 13.0. The number of fused-ring (bicyclic) bond motifs is 2. The summed E-state index contributed by atoms with van der Waals surface area (Å²) in [5.41, 5.74) is 2.08. The molecule has 1 fully saturated rings. The van der Waals surface area contributed by atoms with E-state index >= 15 is 0 Å². The van der Waals surface area contributed by atoms with E-state index in [-0.39, 0.29) is 11.8 Å². The summed E-state index contributed by atoms with van der Waals surface area (Å²) in [7, 11) is 0. The molecule has 2 aliphatic rings. The van der Waals surface area contributed by atoms with Crippen LogP contribution in [0.2, 0.25) is 10.0 Å². The van der Waals surface area contributed by atoms with Crippen molar-refractivity contribution in [1.29, 1.82) is 0 Å². The van der Waals surface area contributed by atoms with E-state index in [2.05, 4.69) is 11.0 Å². The lowest BCUT2D eigenvalue weighted by molar-refractivity contribution is -0.137. The molecule has 5 nitrogen and oxygen atoms in total. The van der Waals surface area contributed by atoms with E-state index in [0.29, 0.717) is 29.8 Å². The summed E-state index contributed by atoms with van der Waals surface area (Å²) in [5.74, 6) is 0.862. The Balaban J connectivity index is 1.40. The second kappa shape index (κ2) is 8.42. The van der Waals surface area contributed by atoms with Crippen molar-refractivity contribution in [3.63, 3.8) is 0 Å². The Morgan fingerprint density at radius 1 is 1.17 bits per heavy atom. The van der Waals surface area contributed by atoms with Crippen LogP contribution in [0.1, 0.15) is 30.4 Å². The number of carboxylic acid groups (broad SMARTS) is 1. The first kappa shape index (κ1) is 20.3. The molecule has 1 spiro atoms. The molecule has 1 N–H and O–H groups in total. The monoisotopic (exact) mass is 435 g/mol. The molecular weight excluding hydrogens is 413 g/mol. The van der Waals surface area contributed by atoms with Crippen LogP contribution in [-0.4, -0.2) is 42.2 Å². The number of aliphatic carboxylic acids is 1. The van der Waals surface area contributed by atoms with Gasteiger partial charge < -0.3 is 19.5 Å². The number of halogens is 2. The topological polar surface area (TPSA) is 59.0 Å². The maximum absolute atomic E-state index is 10.8. The van der Waals surface area contributed by atoms with E-state index in [0.717, 1.165) is 43.0 Å². The van der Waals surface area contributed by atoms with E-state index in [1.165, 1.54) is 5.56 Å². The highest BCUT2D eigenvalue weighted by Gasteiger charge is 2.43. The van der Waals surface area contributed by atoms with Crippen LogP contribution in [0.25, 0.3) is 0 Å². The van der Waals surface area contributed by atoms with Crippen molar-refractivity contribution in [2.24, 2.45) is 0 Å². The van der Waals surface area contributed by atoms with E-state index in [9.17, 15) is 4.79 Å². The third kappa shape index (κ3) is 4.47. The number of hydrogen-bond donors (Lipinski definition) is 1. The van der Waals surface area contributed by atoms with Gasteiger partial charge in [-0.3, -0.25) is 4.79 Å². The lowest BCUT2D eigenvalue weighted by Crippen LogP contribution is -2.44. The maximum atomic E-state index is 10.8. The van der Waals surface area contributed by atoms with E-state index in [4.69, 9.17) is 37.8 Å². The summed E-state index contributed by atoms with van der Waals surface area (Å²) < 4.78 is 11.9. The minimum Gasteiger partial charge on any atom is -0.492 e. The van der Waals surface area contributed by atoms with Gasteiger partial charge in [0.15, 0.2) is 0 Å². The molecule has 0 radical (unpaired) electrons. The van der Waals surface area contributed by atoms with Crippen LogP contribution in [0.4, 0.5) is 0 Å². The number of likely N-dealkylation sites (tertiary alicyclic amines) is 1. The second-order valence-electron chi connectivity index (χ2n) is 7.74. The van der Waals surface area contributed by atoms with Crippen molar-refractivity contribution in [1.82, 2.24) is 4.90 Å². The average molecular weight is 436 g/mol. The van der Waals surface area contributed by atoms with Gasteiger partial charge in [-0.15, -0.1) is 0 Å². The van der Waals surface area contributed by atoms with Crippen molar-refractivity contribution < 1.29 is 19.4 Å². The van der Waals surface area contributed by atoms with Gasteiger partial charge >= 0.3 is 5.97 Å². The Hall–Kier alpha value is -1.95. The van der Waals surface area contributed by atoms with Crippen LogP contribution in [0.5, 0.6) is 11.5 Å². The summed E-state index contributed by atoms with van der Waals surface area (Å²) in [5, 5.41) is 10.1. The molecule has 4 rings (SSSR count). The highest BCUT2D eigenvalue weighted by molar-refractivity contribution is 6.33. The van der Waals surface area contributed by atoms with Gasteiger partial charge in [0.05, 0.1) is 13.0 Å². The third-order valence-electron chi connectivity index (χ3n) is 5.89. The molecule has 2 aromatic rings. The molecule has 0 bridgehead atoms. The van der Waals surface area contributed by atoms with Crippen LogP contribution in [0.3, 0.4) is 0 Å². The number of nitrogens with zero attached hydrogens (tertiary/aromatic N) is 1. The maximum Gasteiger partial charge on any atom is 0.304 e. The Morgan fingerprint density at radius 3 is 2.72 bits per heavy atom. The normalized spacial score (nSPS) is 17.7. The standard InChI is InChI=1S/C22H23Cl2NO4/c23-16-1-4-19(24)15(11-16)13-28-17-2-3-18-20(12-17)29-14-22(18)6-9-25(10-7-22)8-5-21(26)27/h1-4,11-12H,5-10,13-14H2,(H,26,27). The lowest BCUT2D eigenvalue weighted by atomic mass is 9.74. The van der Waals surface area contributed by atoms with Crippen molar-refractivity contribution in [3.8, 4) is 11.5 Å². The fraction of sp³-hybridized carbons (Fsp3) is 0.409. The smallest absolute Gasteiger partial charge is 0.304 e. The first-order valence-corrected chi connectivity index (χ1v) is 10.5. The number of ether oxygens (including phenoxy) is 2. The minimum absolute atomic E-state index is 0.0177. The van der Waals surface area contributed by atoms with E-state index in [1.54, 1.807) is 18.2 Å². The molecule has 0 aliphatic carbocycles. The zero-order valence-corrected chi connectivity index (χ0v) is 17.5. The molecule has 0 atom stereocenters. The van der Waals surface area contributed by atoms with Gasteiger partial charge in [0.1, 0.15) is 18.1 Å². The second-order valence-corrected chi connectivity index (χ2v) is 8.58. The van der Waals surface area contributed by atoms with Crippen molar-refractivity contribution >= 4 is 29.2 Å². The summed E-state index contributed by atoms with van der Waals surface area (Å²) in [6.07, 6.45) is 2.13. The van der Waals surface area contributed by atoms with Crippen LogP contribution in [0.15, 0.2) is 36.4 Å². The zero-order chi connectivity index (χ0) is 20.4.